The van der Waals surface area contributed by atoms with Gasteiger partial charge in [-0.1, -0.05) is 6.07 Å². The van der Waals surface area contributed by atoms with Gasteiger partial charge >= 0.3 is 12.3 Å². The molecule has 188 valence electrons. The van der Waals surface area contributed by atoms with E-state index >= 15 is 0 Å². The number of carbonyl (C=O) groups is 2. The van der Waals surface area contributed by atoms with Crippen LogP contribution in [0, 0.1) is 5.82 Å². The minimum Gasteiger partial charge on any atom is -0.440 e. The molecule has 0 unspecified atom stereocenters. The third-order valence-electron chi connectivity index (χ3n) is 5.99. The lowest BCUT2D eigenvalue weighted by Gasteiger charge is -2.28. The zero-order valence-electron chi connectivity index (χ0n) is 18.8. The molecule has 13 heteroatoms. The number of carbonyl (C=O) groups excluding carboxylic acids is 2. The average molecular weight is 504 g/mol. The average Bonchev–Trinajstić information content (AvgIpc) is 3.45. The van der Waals surface area contributed by atoms with Crippen LogP contribution in [0.3, 0.4) is 0 Å². The second kappa shape index (κ2) is 9.21. The first kappa shape index (κ1) is 23.7. The second-order valence-electron chi connectivity index (χ2n) is 8.50. The lowest BCUT2D eigenvalue weighted by molar-refractivity contribution is -0.162. The Morgan fingerprint density at radius 1 is 1.08 bits per heavy atom. The molecule has 0 radical (unpaired) electrons. The number of halogens is 4. The number of hydrogen-bond donors (Lipinski definition) is 1. The van der Waals surface area contributed by atoms with Gasteiger partial charge in [-0.3, -0.25) is 4.79 Å². The number of aromatic nitrogens is 4. The van der Waals surface area contributed by atoms with Crippen LogP contribution in [0.2, 0.25) is 0 Å². The van der Waals surface area contributed by atoms with E-state index in [0.717, 1.165) is 30.1 Å². The van der Waals surface area contributed by atoms with Gasteiger partial charge in [-0.25, -0.2) is 14.2 Å². The lowest BCUT2D eigenvalue weighted by Crippen LogP contribution is -2.38. The zero-order valence-corrected chi connectivity index (χ0v) is 18.8. The standard InChI is InChI=1S/C23H20F4N6O3/c24-16-10-13-6-8-32(22(35)36-12-23(25,26)27)11-14(13)9-15(16)21(34)29-18-4-1-3-17(28-18)20-31-30-19-5-2-7-33(19)20/h1,3-4,9-10H,2,5-8,11-12H2,(H,28,29,34). The summed E-state index contributed by atoms with van der Waals surface area (Å²) in [4.78, 5) is 30.4. The number of nitrogens with one attached hydrogen (secondary N) is 1. The van der Waals surface area contributed by atoms with Gasteiger partial charge in [-0.2, -0.15) is 13.2 Å². The van der Waals surface area contributed by atoms with Gasteiger partial charge in [0, 0.05) is 26.1 Å². The van der Waals surface area contributed by atoms with Gasteiger partial charge < -0.3 is 19.5 Å². The Hall–Kier alpha value is -4.03. The molecule has 2 amide bonds. The predicted molar refractivity (Wildman–Crippen MR) is 117 cm³/mol. The van der Waals surface area contributed by atoms with Crippen LogP contribution in [-0.2, 0) is 30.7 Å². The van der Waals surface area contributed by atoms with Crippen molar-refractivity contribution in [3.8, 4) is 11.5 Å². The van der Waals surface area contributed by atoms with E-state index < -0.39 is 30.6 Å². The van der Waals surface area contributed by atoms with Crippen molar-refractivity contribution in [3.63, 3.8) is 0 Å². The van der Waals surface area contributed by atoms with Crippen LogP contribution in [0.1, 0.15) is 33.7 Å². The normalized spacial score (nSPS) is 14.8. The maximum atomic E-state index is 14.8. The first-order chi connectivity index (χ1) is 17.2. The maximum absolute atomic E-state index is 14.8. The summed E-state index contributed by atoms with van der Waals surface area (Å²) in [5.41, 5.74) is 1.23. The molecule has 1 aromatic carbocycles. The predicted octanol–water partition coefficient (Wildman–Crippen LogP) is 3.73. The molecule has 36 heavy (non-hydrogen) atoms. The van der Waals surface area contributed by atoms with Crippen molar-refractivity contribution in [3.05, 3.63) is 58.7 Å². The Kier molecular flexibility index (Phi) is 6.06. The van der Waals surface area contributed by atoms with Crippen LogP contribution < -0.4 is 5.32 Å². The van der Waals surface area contributed by atoms with E-state index in [9.17, 15) is 27.2 Å². The molecule has 0 fully saturated rings. The van der Waals surface area contributed by atoms with Crippen LogP contribution in [0.4, 0.5) is 28.2 Å². The number of pyridine rings is 1. The van der Waals surface area contributed by atoms with E-state index in [-0.39, 0.29) is 30.9 Å². The number of fused-ring (bicyclic) bond motifs is 2. The van der Waals surface area contributed by atoms with Crippen molar-refractivity contribution in [2.24, 2.45) is 0 Å². The molecule has 0 atom stereocenters. The Labute approximate surface area is 202 Å². The largest absolute Gasteiger partial charge is 0.440 e. The van der Waals surface area contributed by atoms with Gasteiger partial charge in [0.1, 0.15) is 23.2 Å². The SMILES string of the molecule is O=C(Nc1cccc(-c2nnc3n2CCC3)n1)c1cc2c(cc1F)CCN(C(=O)OCC(F)(F)F)C2. The van der Waals surface area contributed by atoms with Gasteiger partial charge in [0.05, 0.1) is 5.56 Å². The van der Waals surface area contributed by atoms with Gasteiger partial charge in [0.2, 0.25) is 0 Å². The number of hydrogen-bond acceptors (Lipinski definition) is 6. The highest BCUT2D eigenvalue weighted by Crippen LogP contribution is 2.26. The van der Waals surface area contributed by atoms with Crippen molar-refractivity contribution in [1.82, 2.24) is 24.6 Å². The van der Waals surface area contributed by atoms with E-state index in [2.05, 4.69) is 25.2 Å². The topological polar surface area (TPSA) is 102 Å². The fraction of sp³-hybridized carbons (Fsp3) is 0.348. The number of anilines is 1. The summed E-state index contributed by atoms with van der Waals surface area (Å²) in [7, 11) is 0. The Bertz CT molecular complexity index is 1340. The van der Waals surface area contributed by atoms with Crippen LogP contribution in [0.15, 0.2) is 30.3 Å². The van der Waals surface area contributed by atoms with Gasteiger partial charge in [0.15, 0.2) is 12.4 Å². The second-order valence-corrected chi connectivity index (χ2v) is 8.50. The molecule has 0 saturated carbocycles. The lowest BCUT2D eigenvalue weighted by atomic mass is 9.97. The third kappa shape index (κ3) is 4.86. The smallest absolute Gasteiger partial charge is 0.422 e. The van der Waals surface area contributed by atoms with Crippen molar-refractivity contribution < 1.29 is 31.9 Å². The van der Waals surface area contributed by atoms with Crippen LogP contribution >= 0.6 is 0 Å². The molecule has 3 aromatic rings. The highest BCUT2D eigenvalue weighted by Gasteiger charge is 2.32. The first-order valence-corrected chi connectivity index (χ1v) is 11.2. The summed E-state index contributed by atoms with van der Waals surface area (Å²) in [5.74, 6) is 0.112. The summed E-state index contributed by atoms with van der Waals surface area (Å²) in [6.07, 6.45) is -3.77. The van der Waals surface area contributed by atoms with E-state index in [1.807, 2.05) is 4.57 Å². The highest BCUT2D eigenvalue weighted by atomic mass is 19.4. The molecule has 1 N–H and O–H groups in total. The third-order valence-corrected chi connectivity index (χ3v) is 5.99. The van der Waals surface area contributed by atoms with Gasteiger partial charge in [-0.15, -0.1) is 10.2 Å². The number of ether oxygens (including phenoxy) is 1. The number of alkyl halides is 3. The van der Waals surface area contributed by atoms with Crippen LogP contribution in [-0.4, -0.2) is 56.0 Å². The monoisotopic (exact) mass is 504 g/mol. The fourth-order valence-corrected chi connectivity index (χ4v) is 4.30. The fourth-order valence-electron chi connectivity index (χ4n) is 4.30. The van der Waals surface area contributed by atoms with Crippen molar-refractivity contribution in [1.29, 1.82) is 0 Å². The summed E-state index contributed by atoms with van der Waals surface area (Å²) < 4.78 is 58.1. The minimum absolute atomic E-state index is 0.0672. The highest BCUT2D eigenvalue weighted by molar-refractivity contribution is 6.04. The summed E-state index contributed by atoms with van der Waals surface area (Å²) >= 11 is 0. The molecule has 0 saturated heterocycles. The van der Waals surface area contributed by atoms with E-state index in [1.165, 1.54) is 12.1 Å². The quantitative estimate of drug-likeness (QED) is 0.544. The van der Waals surface area contributed by atoms with E-state index in [4.69, 9.17) is 0 Å². The Morgan fingerprint density at radius 3 is 2.72 bits per heavy atom. The maximum Gasteiger partial charge on any atom is 0.422 e. The Balaban J connectivity index is 1.31. The van der Waals surface area contributed by atoms with Crippen molar-refractivity contribution in [2.45, 2.75) is 38.5 Å². The molecule has 0 bridgehead atoms. The first-order valence-electron chi connectivity index (χ1n) is 11.2. The van der Waals surface area contributed by atoms with E-state index in [0.29, 0.717) is 22.6 Å². The van der Waals surface area contributed by atoms with Gasteiger partial charge in [-0.05, 0) is 48.2 Å². The molecule has 4 heterocycles. The summed E-state index contributed by atoms with van der Waals surface area (Å²) in [6, 6.07) is 7.46. The van der Waals surface area contributed by atoms with Crippen molar-refractivity contribution >= 4 is 17.8 Å². The summed E-state index contributed by atoms with van der Waals surface area (Å²) in [6.45, 7) is -0.969. The Morgan fingerprint density at radius 2 is 1.92 bits per heavy atom. The molecule has 9 nitrogen and oxygen atoms in total. The molecule has 2 aromatic heterocycles. The number of rotatable bonds is 4. The zero-order chi connectivity index (χ0) is 25.4. The number of nitrogens with zero attached hydrogens (tertiary/aromatic N) is 5. The molecule has 2 aliphatic heterocycles. The van der Waals surface area contributed by atoms with Gasteiger partial charge in [0.25, 0.3) is 5.91 Å². The minimum atomic E-state index is -4.64. The van der Waals surface area contributed by atoms with Crippen LogP contribution in [0.25, 0.3) is 11.5 Å². The summed E-state index contributed by atoms with van der Waals surface area (Å²) in [5, 5.41) is 10.9. The van der Waals surface area contributed by atoms with E-state index in [1.54, 1.807) is 18.2 Å². The number of benzene rings is 1. The molecule has 5 rings (SSSR count). The molecular formula is C23H20F4N6O3. The molecule has 2 aliphatic rings. The number of aryl methyl sites for hydroxylation is 1. The van der Waals surface area contributed by atoms with Crippen LogP contribution in [0.5, 0.6) is 0 Å². The molecule has 0 spiro atoms. The molecule has 0 aliphatic carbocycles. The van der Waals surface area contributed by atoms with Crippen molar-refractivity contribution in [2.75, 3.05) is 18.5 Å². The number of amides is 2. The molecular weight excluding hydrogens is 484 g/mol.